The van der Waals surface area contributed by atoms with Gasteiger partial charge in [0.15, 0.2) is 5.78 Å². The lowest BCUT2D eigenvalue weighted by molar-refractivity contribution is 0.0818. The van der Waals surface area contributed by atoms with Crippen molar-refractivity contribution in [1.29, 1.82) is 0 Å². The van der Waals surface area contributed by atoms with E-state index in [-0.39, 0.29) is 86.1 Å². The van der Waals surface area contributed by atoms with Crippen LogP contribution in [0.2, 0.25) is 0 Å². The van der Waals surface area contributed by atoms with Gasteiger partial charge in [-0.05, 0) is 96.2 Å². The Morgan fingerprint density at radius 2 is 1.55 bits per heavy atom. The predicted molar refractivity (Wildman–Crippen MR) is 210 cm³/mol. The molecule has 7 rings (SSSR count). The second kappa shape index (κ2) is 14.1. The number of Topliss-reactive ketones (excluding diaryl/α,β-unsaturated/α-hetero) is 1. The van der Waals surface area contributed by atoms with Crippen molar-refractivity contribution in [1.82, 2.24) is 0 Å². The highest BCUT2D eigenvalue weighted by Crippen LogP contribution is 2.54. The SMILES string of the molecule is CC(C)=CCc1c(-c2ccc(O)cc2O)oc2c(C3C=C(C)CC(C(=O)c4cc(O)c5c(c4)OC(C)(C)CC5)C3c3ccc(O)cc3O)c(O)cc(O)c2c1=O. The number of carbonyl (C=O) groups is 1. The van der Waals surface area contributed by atoms with Crippen LogP contribution in [0.4, 0.5) is 0 Å². The third-order valence-electron chi connectivity index (χ3n) is 10.9. The Hall–Kier alpha value is -6.36. The summed E-state index contributed by atoms with van der Waals surface area (Å²) in [6.07, 6.45) is 5.07. The van der Waals surface area contributed by atoms with Crippen LogP contribution in [0.25, 0.3) is 22.3 Å². The first-order chi connectivity index (χ1) is 26.4. The summed E-state index contributed by atoms with van der Waals surface area (Å²) in [4.78, 5) is 29.4. The standard InChI is InChI=1S/C45H44O11/c1-21(2)6-9-29-42(54)40-36(52)20-35(51)39(44(40)55-43(29)28-11-8-25(47)19-34(28)50)30-14-22(3)15-31(38(30)27-10-7-24(46)18-33(27)49)41(53)23-16-32(48)26-12-13-45(4,5)56-37(26)17-23/h6-8,10-11,14,16-20,30-31,38,46-52H,9,12-13,15H2,1-5H3. The maximum atomic E-state index is 14.9. The third kappa shape index (κ3) is 6.78. The molecule has 11 nitrogen and oxygen atoms in total. The van der Waals surface area contributed by atoms with Gasteiger partial charge in [-0.1, -0.05) is 29.4 Å². The molecule has 3 unspecified atom stereocenters. The monoisotopic (exact) mass is 760 g/mol. The fourth-order valence-electron chi connectivity index (χ4n) is 8.18. The van der Waals surface area contributed by atoms with Crippen LogP contribution in [0.15, 0.2) is 87.1 Å². The largest absolute Gasteiger partial charge is 0.508 e. The first kappa shape index (κ1) is 37.9. The zero-order valence-electron chi connectivity index (χ0n) is 31.7. The van der Waals surface area contributed by atoms with Crippen LogP contribution in [0, 0.1) is 5.92 Å². The normalized spacial score (nSPS) is 18.8. The molecule has 1 aromatic heterocycles. The average molecular weight is 761 g/mol. The number of phenols is 7. The summed E-state index contributed by atoms with van der Waals surface area (Å²) in [6.45, 7) is 9.36. The fraction of sp³-hybridized carbons (Fsp3) is 0.289. The Kier molecular flexibility index (Phi) is 9.52. The highest BCUT2D eigenvalue weighted by atomic mass is 16.5. The van der Waals surface area contributed by atoms with Gasteiger partial charge in [0.2, 0.25) is 5.43 Å². The molecule has 0 spiro atoms. The van der Waals surface area contributed by atoms with Gasteiger partial charge in [-0.25, -0.2) is 0 Å². The highest BCUT2D eigenvalue weighted by molar-refractivity contribution is 6.00. The molecule has 0 radical (unpaired) electrons. The Bertz CT molecular complexity index is 2550. The maximum absolute atomic E-state index is 14.9. The zero-order chi connectivity index (χ0) is 40.4. The second-order valence-corrected chi connectivity index (χ2v) is 15.8. The molecule has 0 saturated heterocycles. The Labute approximate surface area is 322 Å². The summed E-state index contributed by atoms with van der Waals surface area (Å²) in [7, 11) is 0. The van der Waals surface area contributed by atoms with Gasteiger partial charge in [0.05, 0.1) is 5.56 Å². The molecule has 0 fully saturated rings. The molecule has 1 aliphatic carbocycles. The van der Waals surface area contributed by atoms with Gasteiger partial charge in [0.25, 0.3) is 0 Å². The number of allylic oxidation sites excluding steroid dienone is 4. The molecule has 0 saturated carbocycles. The van der Waals surface area contributed by atoms with E-state index < -0.39 is 46.1 Å². The van der Waals surface area contributed by atoms with Crippen molar-refractivity contribution in [3.63, 3.8) is 0 Å². The van der Waals surface area contributed by atoms with E-state index in [0.29, 0.717) is 24.2 Å². The number of benzene rings is 4. The van der Waals surface area contributed by atoms with Gasteiger partial charge in [0.1, 0.15) is 68.3 Å². The van der Waals surface area contributed by atoms with Gasteiger partial charge in [0, 0.05) is 58.2 Å². The molecule has 7 N–H and O–H groups in total. The van der Waals surface area contributed by atoms with Crippen LogP contribution >= 0.6 is 0 Å². The number of aromatic hydroxyl groups is 7. The Balaban J connectivity index is 1.50. The average Bonchev–Trinajstić information content (AvgIpc) is 3.10. The van der Waals surface area contributed by atoms with Gasteiger partial charge in [-0.15, -0.1) is 0 Å². The van der Waals surface area contributed by atoms with Crippen LogP contribution in [0.3, 0.4) is 0 Å². The Morgan fingerprint density at radius 3 is 2.23 bits per heavy atom. The molecular formula is C45H44O11. The number of ether oxygens (including phenoxy) is 1. The third-order valence-corrected chi connectivity index (χ3v) is 10.9. The van der Waals surface area contributed by atoms with E-state index in [2.05, 4.69) is 0 Å². The number of carbonyl (C=O) groups excluding carboxylic acids is 1. The van der Waals surface area contributed by atoms with Gasteiger partial charge in [-0.3, -0.25) is 9.59 Å². The maximum Gasteiger partial charge on any atom is 0.200 e. The van der Waals surface area contributed by atoms with Crippen molar-refractivity contribution in [2.45, 2.75) is 77.7 Å². The zero-order valence-corrected chi connectivity index (χ0v) is 31.7. The number of ketones is 1. The number of phenolic OH excluding ortho intramolecular Hbond substituents is 7. The van der Waals surface area contributed by atoms with Crippen molar-refractivity contribution >= 4 is 16.8 Å². The van der Waals surface area contributed by atoms with Crippen LogP contribution < -0.4 is 10.2 Å². The van der Waals surface area contributed by atoms with Gasteiger partial charge >= 0.3 is 0 Å². The lowest BCUT2D eigenvalue weighted by Crippen LogP contribution is -2.33. The Morgan fingerprint density at radius 1 is 0.857 bits per heavy atom. The second-order valence-electron chi connectivity index (χ2n) is 15.8. The fourth-order valence-corrected chi connectivity index (χ4v) is 8.18. The molecule has 290 valence electrons. The van der Waals surface area contributed by atoms with E-state index in [9.17, 15) is 45.3 Å². The minimum atomic E-state index is -0.995. The molecular weight excluding hydrogens is 716 g/mol. The summed E-state index contributed by atoms with van der Waals surface area (Å²) >= 11 is 0. The van der Waals surface area contributed by atoms with Crippen molar-refractivity contribution in [3.05, 3.63) is 116 Å². The molecule has 2 aliphatic rings. The quantitative estimate of drug-likeness (QED) is 0.0618. The molecule has 2 heterocycles. The molecule has 4 aromatic carbocycles. The lowest BCUT2D eigenvalue weighted by atomic mass is 9.65. The molecule has 56 heavy (non-hydrogen) atoms. The van der Waals surface area contributed by atoms with Crippen LogP contribution in [0.5, 0.6) is 46.0 Å². The van der Waals surface area contributed by atoms with E-state index in [4.69, 9.17) is 9.15 Å². The predicted octanol–water partition coefficient (Wildman–Crippen LogP) is 8.73. The summed E-state index contributed by atoms with van der Waals surface area (Å²) in [5, 5.41) is 76.6. The van der Waals surface area contributed by atoms with Crippen LogP contribution in [-0.4, -0.2) is 47.1 Å². The first-order valence-electron chi connectivity index (χ1n) is 18.4. The summed E-state index contributed by atoms with van der Waals surface area (Å²) < 4.78 is 12.7. The van der Waals surface area contributed by atoms with Crippen molar-refractivity contribution in [2.75, 3.05) is 0 Å². The van der Waals surface area contributed by atoms with Crippen molar-refractivity contribution < 1.29 is 49.7 Å². The van der Waals surface area contributed by atoms with Gasteiger partial charge < -0.3 is 44.9 Å². The highest BCUT2D eigenvalue weighted by Gasteiger charge is 2.43. The van der Waals surface area contributed by atoms with E-state index in [0.717, 1.165) is 29.3 Å². The van der Waals surface area contributed by atoms with Gasteiger partial charge in [-0.2, -0.15) is 0 Å². The number of hydrogen-bond donors (Lipinski definition) is 7. The number of rotatable bonds is 7. The molecule has 0 amide bonds. The number of fused-ring (bicyclic) bond motifs is 2. The minimum Gasteiger partial charge on any atom is -0.508 e. The summed E-state index contributed by atoms with van der Waals surface area (Å²) in [5.41, 5.74) is 1.43. The molecule has 11 heteroatoms. The summed E-state index contributed by atoms with van der Waals surface area (Å²) in [6, 6.07) is 11.9. The number of hydrogen-bond acceptors (Lipinski definition) is 11. The van der Waals surface area contributed by atoms with E-state index in [1.807, 2.05) is 34.6 Å². The van der Waals surface area contributed by atoms with Crippen LogP contribution in [0.1, 0.15) is 91.9 Å². The lowest BCUT2D eigenvalue weighted by Gasteiger charge is -2.38. The molecule has 5 aromatic rings. The molecule has 0 bridgehead atoms. The smallest absolute Gasteiger partial charge is 0.200 e. The van der Waals surface area contributed by atoms with E-state index >= 15 is 0 Å². The van der Waals surface area contributed by atoms with E-state index in [1.165, 1.54) is 30.3 Å². The molecule has 1 aliphatic heterocycles. The summed E-state index contributed by atoms with van der Waals surface area (Å²) in [5.74, 6) is -5.25. The van der Waals surface area contributed by atoms with Crippen molar-refractivity contribution in [2.24, 2.45) is 5.92 Å². The van der Waals surface area contributed by atoms with Crippen molar-refractivity contribution in [3.8, 4) is 57.3 Å². The van der Waals surface area contributed by atoms with Crippen LogP contribution in [-0.2, 0) is 12.8 Å². The first-order valence-corrected chi connectivity index (χ1v) is 18.4. The molecule has 3 atom stereocenters. The topological polar surface area (TPSA) is 198 Å². The van der Waals surface area contributed by atoms with E-state index in [1.54, 1.807) is 18.2 Å². The minimum absolute atomic E-state index is 0.0240.